The molecule has 23 nitrogen and oxygen atoms in total. The van der Waals surface area contributed by atoms with Crippen molar-refractivity contribution >= 4 is 59.1 Å². The van der Waals surface area contributed by atoms with Crippen molar-refractivity contribution in [3.05, 3.63) is 12.2 Å². The summed E-state index contributed by atoms with van der Waals surface area (Å²) in [5.41, 5.74) is 5.41. The lowest BCUT2D eigenvalue weighted by Gasteiger charge is -2.41. The van der Waals surface area contributed by atoms with Crippen molar-refractivity contribution < 1.29 is 58.2 Å². The second-order valence-electron chi connectivity index (χ2n) is 26.6. The third kappa shape index (κ3) is 23.4. The van der Waals surface area contributed by atoms with E-state index in [9.17, 15) is 43.8 Å². The smallest absolute Gasteiger partial charge is 0.246 e. The van der Waals surface area contributed by atoms with E-state index in [1.807, 2.05) is 75.3 Å². The highest BCUT2D eigenvalue weighted by atomic mass is 16.3. The van der Waals surface area contributed by atoms with Crippen molar-refractivity contribution in [2.24, 2.45) is 46.7 Å². The summed E-state index contributed by atoms with van der Waals surface area (Å²) in [5.74, 6) is -7.81. The maximum Gasteiger partial charge on any atom is 0.246 e. The van der Waals surface area contributed by atoms with E-state index in [1.54, 1.807) is 61.6 Å². The molecule has 13 atom stereocenters. The monoisotopic (exact) mass is 1220 g/mol. The Morgan fingerprint density at radius 1 is 0.535 bits per heavy atom. The van der Waals surface area contributed by atoms with E-state index in [0.717, 1.165) is 9.80 Å². The molecule has 23 heteroatoms. The molecular weight excluding hydrogens is 1100 g/mol. The van der Waals surface area contributed by atoms with Crippen LogP contribution in [0.5, 0.6) is 0 Å². The summed E-state index contributed by atoms with van der Waals surface area (Å²) in [6.07, 6.45) is 2.78. The van der Waals surface area contributed by atoms with Crippen LogP contribution in [0.4, 0.5) is 0 Å². The van der Waals surface area contributed by atoms with Gasteiger partial charge in [0.15, 0.2) is 0 Å². The van der Waals surface area contributed by atoms with Crippen molar-refractivity contribution in [3.63, 3.8) is 0 Å². The lowest BCUT2D eigenvalue weighted by atomic mass is 9.81. The molecule has 0 aliphatic rings. The van der Waals surface area contributed by atoms with Crippen LogP contribution in [-0.2, 0) is 47.9 Å². The number of nitrogens with one attached hydrogen (secondary N) is 3. The summed E-state index contributed by atoms with van der Waals surface area (Å²) in [7, 11) is 10.1. The molecule has 0 radical (unpaired) electrons. The maximum absolute atomic E-state index is 15.1. The molecule has 0 fully saturated rings. The van der Waals surface area contributed by atoms with Crippen LogP contribution in [0.2, 0.25) is 0 Å². The van der Waals surface area contributed by atoms with Crippen LogP contribution in [0, 0.1) is 40.9 Å². The zero-order chi connectivity index (χ0) is 67.3. The Hall–Kier alpha value is -5.68. The van der Waals surface area contributed by atoms with Crippen molar-refractivity contribution in [3.8, 4) is 0 Å². The molecule has 0 aromatic carbocycles. The van der Waals surface area contributed by atoms with Gasteiger partial charge in [0.05, 0.1) is 18.7 Å². The van der Waals surface area contributed by atoms with E-state index in [1.165, 1.54) is 73.7 Å². The maximum atomic E-state index is 15.1. The molecule has 0 aromatic heterocycles. The molecule has 2 unspecified atom stereocenters. The molecule has 0 aromatic rings. The summed E-state index contributed by atoms with van der Waals surface area (Å²) in [4.78, 5) is 151. The summed E-state index contributed by atoms with van der Waals surface area (Å²) in [6.45, 7) is 32.1. The fraction of sp³-hybridized carbons (Fsp3) is 0.810. The quantitative estimate of drug-likeness (QED) is 0.0389. The fourth-order valence-electron chi connectivity index (χ4n) is 10.3. The van der Waals surface area contributed by atoms with Crippen molar-refractivity contribution in [2.75, 3.05) is 55.9 Å². The third-order valence-electron chi connectivity index (χ3n) is 16.6. The fourth-order valence-corrected chi connectivity index (χ4v) is 10.3. The number of hydrogen-bond acceptors (Lipinski definition) is 13. The summed E-state index contributed by atoms with van der Waals surface area (Å²) in [5, 5.41) is 30.4. The van der Waals surface area contributed by atoms with Crippen LogP contribution in [0.25, 0.3) is 0 Å². The number of carbonyl (C=O) groups excluding carboxylic acids is 10. The number of amides is 10. The number of rotatable bonds is 35. The first kappa shape index (κ1) is 80.3. The predicted octanol–water partition coefficient (Wildman–Crippen LogP) is 3.83. The highest BCUT2D eigenvalue weighted by molar-refractivity contribution is 5.98. The van der Waals surface area contributed by atoms with Gasteiger partial charge in [-0.2, -0.15) is 0 Å². The lowest BCUT2D eigenvalue weighted by molar-refractivity contribution is -0.157. The van der Waals surface area contributed by atoms with Gasteiger partial charge in [0, 0.05) is 55.3 Å². The molecule has 0 spiro atoms. The molecule has 0 aliphatic carbocycles. The van der Waals surface area contributed by atoms with Gasteiger partial charge in [-0.15, -0.1) is 0 Å². The minimum atomic E-state index is -1.59. The molecule has 0 aliphatic heterocycles. The molecule has 496 valence electrons. The average molecular weight is 1220 g/mol. The Kier molecular flexibility index (Phi) is 34.2. The highest BCUT2D eigenvalue weighted by Gasteiger charge is 2.45. The molecule has 0 saturated heterocycles. The van der Waals surface area contributed by atoms with Gasteiger partial charge in [0.1, 0.15) is 54.6 Å². The third-order valence-corrected chi connectivity index (χ3v) is 16.6. The minimum Gasteiger partial charge on any atom is -0.390 e. The second kappa shape index (κ2) is 36.6. The largest absolute Gasteiger partial charge is 0.390 e. The van der Waals surface area contributed by atoms with Gasteiger partial charge in [-0.25, -0.2) is 0 Å². The standard InChI is InChI=1S/C63H117N11O12/c1-26-29-31-40(12)52(76)51(56(80)66-44(28-3)59(83)68(19)35-49(75)70(21)46(30-27-2)53(64)77)74(25)62(86)50(39(10)11)73(24)61(85)48(34-38(8)9)72(23)60(84)47(33-37(6)7)71(22)58(82)42(14)65-55(79)45(32-36(4)5)67-54(78)43(15)69(20)57(81)41(13)63(16,17)18/h26,29,36-48,50-53,76-77H,27-28,30-35,64H2,1-25H3,(H,65,79)(H,66,80)(H,67,78)/b29-26+/t40-,41+,42+,43+,44-,45-,46-,47-,48-,50-,51?,52+,53?/m1/s1. The van der Waals surface area contributed by atoms with E-state index < -0.39 is 144 Å². The summed E-state index contributed by atoms with van der Waals surface area (Å²) < 4.78 is 0. The van der Waals surface area contributed by atoms with E-state index in [4.69, 9.17) is 5.73 Å². The lowest BCUT2D eigenvalue weighted by Crippen LogP contribution is -2.63. The minimum absolute atomic E-state index is 0.0593. The zero-order valence-electron chi connectivity index (χ0n) is 57.3. The van der Waals surface area contributed by atoms with Crippen LogP contribution in [-0.4, -0.2) is 226 Å². The Balaban J connectivity index is 7.13. The van der Waals surface area contributed by atoms with E-state index >= 15 is 14.4 Å². The van der Waals surface area contributed by atoms with Crippen LogP contribution < -0.4 is 21.7 Å². The number of nitrogens with two attached hydrogens (primary N) is 1. The number of likely N-dealkylation sites (N-methyl/N-ethyl adjacent to an activating group) is 7. The Labute approximate surface area is 516 Å². The Bertz CT molecular complexity index is 2270. The normalized spacial score (nSPS) is 16.5. The number of nitrogens with zero attached hydrogens (tertiary/aromatic N) is 7. The first-order chi connectivity index (χ1) is 39.5. The number of carbonyl (C=O) groups is 10. The van der Waals surface area contributed by atoms with E-state index in [-0.39, 0.29) is 54.8 Å². The zero-order valence-corrected chi connectivity index (χ0v) is 57.3. The first-order valence-corrected chi connectivity index (χ1v) is 31.0. The molecule has 7 N–H and O–H groups in total. The van der Waals surface area contributed by atoms with Gasteiger partial charge in [-0.3, -0.25) is 47.9 Å². The van der Waals surface area contributed by atoms with Crippen molar-refractivity contribution in [1.29, 1.82) is 0 Å². The first-order valence-electron chi connectivity index (χ1n) is 31.0. The molecular formula is C63H117N11O12. The summed E-state index contributed by atoms with van der Waals surface area (Å²) >= 11 is 0. The van der Waals surface area contributed by atoms with Crippen molar-refractivity contribution in [2.45, 2.75) is 236 Å². The number of allylic oxidation sites excluding steroid dienone is 2. The molecule has 0 saturated carbocycles. The topological polar surface area (TPSA) is 296 Å². The average Bonchev–Trinajstić information content (AvgIpc) is 2.87. The predicted molar refractivity (Wildman–Crippen MR) is 336 cm³/mol. The van der Waals surface area contributed by atoms with E-state index in [0.29, 0.717) is 19.3 Å². The molecule has 0 bridgehead atoms. The van der Waals surface area contributed by atoms with Crippen LogP contribution >= 0.6 is 0 Å². The SMILES string of the molecule is C/C=C/C[C@@H](C)[C@H](O)C(C(=O)N[C@H](CC)C(=O)N(C)CC(=O)N(C)[C@H](CCC)C(N)O)N(C)C(=O)[C@@H](C(C)C)N(C)C(=O)[C@@H](CC(C)C)N(C)C(=O)[C@@H](CC(C)C)N(C)C(=O)[C@H](C)NC(=O)[C@@H](CC(C)C)NC(=O)[C@H](C)N(C)C(=O)[C@H](C)C(C)(C)C. The van der Waals surface area contributed by atoms with Crippen molar-refractivity contribution in [1.82, 2.24) is 50.2 Å². The van der Waals surface area contributed by atoms with Gasteiger partial charge in [-0.05, 0) is 94.3 Å². The molecule has 10 amide bonds. The van der Waals surface area contributed by atoms with Gasteiger partial charge in [0.2, 0.25) is 59.1 Å². The van der Waals surface area contributed by atoms with Gasteiger partial charge >= 0.3 is 0 Å². The Morgan fingerprint density at radius 2 is 1.00 bits per heavy atom. The number of hydrogen-bond donors (Lipinski definition) is 6. The second-order valence-corrected chi connectivity index (χ2v) is 26.6. The van der Waals surface area contributed by atoms with Gasteiger partial charge in [0.25, 0.3) is 0 Å². The molecule has 86 heavy (non-hydrogen) atoms. The highest BCUT2D eigenvalue weighted by Crippen LogP contribution is 2.28. The number of aliphatic hydroxyl groups is 2. The van der Waals surface area contributed by atoms with Crippen LogP contribution in [0.1, 0.15) is 170 Å². The molecule has 0 heterocycles. The summed E-state index contributed by atoms with van der Waals surface area (Å²) in [6, 6.07) is -10.2. The number of aliphatic hydroxyl groups excluding tert-OH is 2. The van der Waals surface area contributed by atoms with Crippen LogP contribution in [0.15, 0.2) is 12.2 Å². The Morgan fingerprint density at radius 3 is 1.43 bits per heavy atom. The van der Waals surface area contributed by atoms with Gasteiger partial charge < -0.3 is 66.2 Å². The van der Waals surface area contributed by atoms with Crippen LogP contribution in [0.3, 0.4) is 0 Å². The van der Waals surface area contributed by atoms with Gasteiger partial charge in [-0.1, -0.05) is 122 Å². The molecule has 0 rings (SSSR count). The van der Waals surface area contributed by atoms with E-state index in [2.05, 4.69) is 16.0 Å².